The predicted molar refractivity (Wildman–Crippen MR) is 69.1 cm³/mol. The van der Waals surface area contributed by atoms with Crippen molar-refractivity contribution in [3.63, 3.8) is 0 Å². The van der Waals surface area contributed by atoms with E-state index in [1.165, 1.54) is 24.8 Å². The van der Waals surface area contributed by atoms with Crippen molar-refractivity contribution in [1.29, 1.82) is 0 Å². The van der Waals surface area contributed by atoms with Gasteiger partial charge in [-0.05, 0) is 25.1 Å². The summed E-state index contributed by atoms with van der Waals surface area (Å²) < 4.78 is 0. The van der Waals surface area contributed by atoms with E-state index < -0.39 is 0 Å². The van der Waals surface area contributed by atoms with E-state index >= 15 is 0 Å². The molecule has 1 saturated heterocycles. The Kier molecular flexibility index (Phi) is 3.66. The zero-order chi connectivity index (χ0) is 11.4. The van der Waals surface area contributed by atoms with E-state index in [0.717, 1.165) is 0 Å². The van der Waals surface area contributed by atoms with Crippen molar-refractivity contribution in [2.75, 3.05) is 0 Å². The largest absolute Gasteiger partial charge is 0.364 e. The first-order valence-corrected chi connectivity index (χ1v) is 6.33. The molecule has 1 aliphatic heterocycles. The molecule has 16 heavy (non-hydrogen) atoms. The Labute approximate surface area is 98.8 Å². The first-order chi connectivity index (χ1) is 7.84. The summed E-state index contributed by atoms with van der Waals surface area (Å²) in [6.45, 7) is 4.53. The van der Waals surface area contributed by atoms with Crippen molar-refractivity contribution < 1.29 is 0 Å². The third-order valence-corrected chi connectivity index (χ3v) is 3.30. The Bertz CT molecular complexity index is 342. The van der Waals surface area contributed by atoms with Crippen LogP contribution in [-0.4, -0.2) is 10.9 Å². The Morgan fingerprint density at radius 2 is 2.00 bits per heavy atom. The molecular weight excluding hydrogens is 194 g/mol. The quantitative estimate of drug-likeness (QED) is 0.527. The number of unbranched alkanes of at least 4 members (excludes halogenated alkanes) is 2. The Hall–Kier alpha value is -1.24. The van der Waals surface area contributed by atoms with E-state index in [1.807, 2.05) is 0 Å². The molecule has 0 aliphatic carbocycles. The molecule has 0 aromatic heterocycles. The minimum atomic E-state index is 0.610. The van der Waals surface area contributed by atoms with Gasteiger partial charge >= 0.3 is 0 Å². The van der Waals surface area contributed by atoms with Crippen LogP contribution in [0.1, 0.15) is 44.7 Å². The van der Waals surface area contributed by atoms with E-state index in [0.29, 0.717) is 12.1 Å². The Morgan fingerprint density at radius 1 is 1.25 bits per heavy atom. The summed E-state index contributed by atoms with van der Waals surface area (Å²) >= 11 is 0. The van der Waals surface area contributed by atoms with Gasteiger partial charge < -0.3 is 4.90 Å². The van der Waals surface area contributed by atoms with Crippen LogP contribution in [0.4, 0.5) is 0 Å². The van der Waals surface area contributed by atoms with Crippen molar-refractivity contribution in [2.45, 2.75) is 45.2 Å². The number of benzene rings is 1. The van der Waals surface area contributed by atoms with Crippen LogP contribution < -0.4 is 0 Å². The summed E-state index contributed by atoms with van der Waals surface area (Å²) in [6.07, 6.45) is 8.37. The zero-order valence-electron chi connectivity index (χ0n) is 10.3. The molecule has 1 nitrogen and oxygen atoms in total. The molecule has 0 saturated carbocycles. The highest BCUT2D eigenvalue weighted by atomic mass is 15.3. The SMILES string of the molecule is CCCC/C=C/N1[C@H](C)[C@@H]1c1ccccc1. The average Bonchev–Trinajstić information content (AvgIpc) is 2.97. The lowest BCUT2D eigenvalue weighted by molar-refractivity contribution is 0.656. The van der Waals surface area contributed by atoms with Gasteiger partial charge in [-0.1, -0.05) is 56.2 Å². The second-order valence-electron chi connectivity index (χ2n) is 4.57. The van der Waals surface area contributed by atoms with Gasteiger partial charge in [0.15, 0.2) is 0 Å². The molecule has 0 bridgehead atoms. The Morgan fingerprint density at radius 3 is 2.69 bits per heavy atom. The molecule has 0 unspecified atom stereocenters. The van der Waals surface area contributed by atoms with Gasteiger partial charge in [0.05, 0.1) is 12.1 Å². The molecule has 1 heterocycles. The molecule has 2 rings (SSSR count). The molecule has 0 N–H and O–H groups in total. The van der Waals surface area contributed by atoms with Crippen molar-refractivity contribution in [3.05, 3.63) is 48.2 Å². The standard InChI is InChI=1S/C15H21N/c1-3-4-5-9-12-16-13(2)15(16)14-10-7-6-8-11-14/h6-13,15H,3-5H2,1-2H3/b12-9+/t13-,15-,16?/m1/s1. The van der Waals surface area contributed by atoms with Gasteiger partial charge in [-0.25, -0.2) is 0 Å². The van der Waals surface area contributed by atoms with Crippen molar-refractivity contribution >= 4 is 0 Å². The minimum absolute atomic E-state index is 0.610. The predicted octanol–water partition coefficient (Wildman–Crippen LogP) is 4.14. The summed E-state index contributed by atoms with van der Waals surface area (Å²) in [5, 5.41) is 0. The minimum Gasteiger partial charge on any atom is -0.364 e. The fraction of sp³-hybridized carbons (Fsp3) is 0.467. The maximum Gasteiger partial charge on any atom is 0.0741 e. The highest BCUT2D eigenvalue weighted by Gasteiger charge is 2.42. The molecule has 0 spiro atoms. The van der Waals surface area contributed by atoms with Gasteiger partial charge in [-0.15, -0.1) is 0 Å². The number of rotatable bonds is 5. The smallest absolute Gasteiger partial charge is 0.0741 e. The van der Waals surface area contributed by atoms with E-state index in [9.17, 15) is 0 Å². The molecule has 2 atom stereocenters. The topological polar surface area (TPSA) is 3.01 Å². The van der Waals surface area contributed by atoms with Crippen molar-refractivity contribution in [1.82, 2.24) is 4.90 Å². The van der Waals surface area contributed by atoms with Crippen LogP contribution in [0.5, 0.6) is 0 Å². The molecule has 1 heteroatoms. The third kappa shape index (κ3) is 2.46. The van der Waals surface area contributed by atoms with Crippen LogP contribution in [-0.2, 0) is 0 Å². The first-order valence-electron chi connectivity index (χ1n) is 6.33. The second-order valence-corrected chi connectivity index (χ2v) is 4.57. The molecule has 1 aliphatic rings. The normalized spacial score (nSPS) is 24.0. The van der Waals surface area contributed by atoms with Crippen LogP contribution in [0.2, 0.25) is 0 Å². The monoisotopic (exact) mass is 215 g/mol. The second kappa shape index (κ2) is 5.20. The average molecular weight is 215 g/mol. The third-order valence-electron chi connectivity index (χ3n) is 3.30. The molecular formula is C15H21N. The molecule has 0 amide bonds. The lowest BCUT2D eigenvalue weighted by Crippen LogP contribution is -1.87. The maximum absolute atomic E-state index is 2.44. The summed E-state index contributed by atoms with van der Waals surface area (Å²) in [5.41, 5.74) is 1.44. The summed E-state index contributed by atoms with van der Waals surface area (Å²) in [7, 11) is 0. The van der Waals surface area contributed by atoms with Gasteiger partial charge in [-0.3, -0.25) is 0 Å². The van der Waals surface area contributed by atoms with E-state index in [2.05, 4.69) is 61.4 Å². The van der Waals surface area contributed by atoms with E-state index in [-0.39, 0.29) is 0 Å². The number of allylic oxidation sites excluding steroid dienone is 1. The van der Waals surface area contributed by atoms with E-state index in [4.69, 9.17) is 0 Å². The number of nitrogens with zero attached hydrogens (tertiary/aromatic N) is 1. The van der Waals surface area contributed by atoms with Crippen LogP contribution in [0.15, 0.2) is 42.6 Å². The van der Waals surface area contributed by atoms with Crippen molar-refractivity contribution in [3.8, 4) is 0 Å². The molecule has 1 aromatic carbocycles. The summed E-state index contributed by atoms with van der Waals surface area (Å²) in [4.78, 5) is 2.44. The maximum atomic E-state index is 2.44. The van der Waals surface area contributed by atoms with Gasteiger partial charge in [-0.2, -0.15) is 0 Å². The first kappa shape index (κ1) is 11.3. The lowest BCUT2D eigenvalue weighted by Gasteiger charge is -1.98. The molecule has 1 aromatic rings. The summed E-state index contributed by atoms with van der Waals surface area (Å²) in [5.74, 6) is 0. The highest BCUT2D eigenvalue weighted by Crippen LogP contribution is 2.42. The molecule has 1 fully saturated rings. The fourth-order valence-corrected chi connectivity index (χ4v) is 2.22. The highest BCUT2D eigenvalue weighted by molar-refractivity contribution is 5.27. The summed E-state index contributed by atoms with van der Waals surface area (Å²) in [6, 6.07) is 12.1. The fourth-order valence-electron chi connectivity index (χ4n) is 2.22. The molecule has 86 valence electrons. The van der Waals surface area contributed by atoms with Crippen LogP contribution in [0.25, 0.3) is 0 Å². The van der Waals surface area contributed by atoms with Crippen LogP contribution in [0, 0.1) is 0 Å². The Balaban J connectivity index is 1.89. The van der Waals surface area contributed by atoms with Gasteiger partial charge in [0, 0.05) is 0 Å². The van der Waals surface area contributed by atoms with Crippen molar-refractivity contribution in [2.24, 2.45) is 0 Å². The lowest BCUT2D eigenvalue weighted by atomic mass is 10.1. The van der Waals surface area contributed by atoms with E-state index in [1.54, 1.807) is 0 Å². The van der Waals surface area contributed by atoms with Crippen LogP contribution >= 0.6 is 0 Å². The number of hydrogen-bond acceptors (Lipinski definition) is 1. The molecule has 0 radical (unpaired) electrons. The van der Waals surface area contributed by atoms with Gasteiger partial charge in [0.2, 0.25) is 0 Å². The number of hydrogen-bond donors (Lipinski definition) is 0. The van der Waals surface area contributed by atoms with Crippen LogP contribution in [0.3, 0.4) is 0 Å². The zero-order valence-corrected chi connectivity index (χ0v) is 10.3. The van der Waals surface area contributed by atoms with Gasteiger partial charge in [0.25, 0.3) is 0 Å². The van der Waals surface area contributed by atoms with Gasteiger partial charge in [0.1, 0.15) is 0 Å².